The van der Waals surface area contributed by atoms with Gasteiger partial charge in [0, 0.05) is 13.2 Å². The van der Waals surface area contributed by atoms with Gasteiger partial charge in [0.1, 0.15) is 24.0 Å². The van der Waals surface area contributed by atoms with Crippen molar-refractivity contribution in [2.75, 3.05) is 6.61 Å². The van der Waals surface area contributed by atoms with Gasteiger partial charge in [-0.15, -0.1) is 0 Å². The van der Waals surface area contributed by atoms with E-state index in [1.165, 1.54) is 4.68 Å². The summed E-state index contributed by atoms with van der Waals surface area (Å²) in [4.78, 5) is 24.6. The molecule has 2 heterocycles. The van der Waals surface area contributed by atoms with Gasteiger partial charge in [-0.3, -0.25) is 14.3 Å². The van der Waals surface area contributed by atoms with Crippen LogP contribution in [0.4, 0.5) is 0 Å². The maximum absolute atomic E-state index is 12.3. The fraction of sp³-hybridized carbons (Fsp3) is 0.214. The monoisotopic (exact) mass is 256 g/mol. The SMILES string of the molecule is Cn1ccc(C(=O)C2COc3ccccc3C2=O)n1. The van der Waals surface area contributed by atoms with Gasteiger partial charge in [-0.05, 0) is 18.2 Å². The standard InChI is InChI=1S/C14H12N2O3/c1-16-7-6-11(15-16)14(18)10-8-19-12-5-3-2-4-9(12)13(10)17/h2-7,10H,8H2,1H3. The first-order valence-electron chi connectivity index (χ1n) is 5.97. The molecule has 1 aliphatic rings. The van der Waals surface area contributed by atoms with Crippen molar-refractivity contribution >= 4 is 11.6 Å². The Morgan fingerprint density at radius 2 is 2.16 bits per heavy atom. The molecule has 0 bridgehead atoms. The fourth-order valence-electron chi connectivity index (χ4n) is 2.15. The normalized spacial score (nSPS) is 17.7. The fourth-order valence-corrected chi connectivity index (χ4v) is 2.15. The summed E-state index contributed by atoms with van der Waals surface area (Å²) >= 11 is 0. The minimum Gasteiger partial charge on any atom is -0.492 e. The Balaban J connectivity index is 1.92. The van der Waals surface area contributed by atoms with Gasteiger partial charge in [0.05, 0.1) is 5.56 Å². The van der Waals surface area contributed by atoms with Crippen molar-refractivity contribution < 1.29 is 14.3 Å². The Morgan fingerprint density at radius 3 is 2.89 bits per heavy atom. The van der Waals surface area contributed by atoms with Crippen LogP contribution in [0.15, 0.2) is 36.5 Å². The van der Waals surface area contributed by atoms with Crippen LogP contribution < -0.4 is 4.74 Å². The average molecular weight is 256 g/mol. The van der Waals surface area contributed by atoms with Crippen LogP contribution in [-0.2, 0) is 7.05 Å². The highest BCUT2D eigenvalue weighted by Gasteiger charge is 2.35. The molecular formula is C14H12N2O3. The molecule has 1 aromatic heterocycles. The highest BCUT2D eigenvalue weighted by molar-refractivity contribution is 6.17. The number of benzene rings is 1. The van der Waals surface area contributed by atoms with Gasteiger partial charge < -0.3 is 4.74 Å². The zero-order valence-corrected chi connectivity index (χ0v) is 10.4. The Bertz CT molecular complexity index is 660. The van der Waals surface area contributed by atoms with Gasteiger partial charge in [0.2, 0.25) is 0 Å². The van der Waals surface area contributed by atoms with Crippen molar-refractivity contribution in [1.29, 1.82) is 0 Å². The Hall–Kier alpha value is -2.43. The number of ketones is 2. The molecule has 1 aliphatic heterocycles. The number of fused-ring (bicyclic) bond motifs is 1. The average Bonchev–Trinajstić information content (AvgIpc) is 2.85. The molecule has 1 atom stereocenters. The maximum atomic E-state index is 12.3. The highest BCUT2D eigenvalue weighted by Crippen LogP contribution is 2.28. The predicted molar refractivity (Wildman–Crippen MR) is 67.3 cm³/mol. The number of para-hydroxylation sites is 1. The largest absolute Gasteiger partial charge is 0.492 e. The lowest BCUT2D eigenvalue weighted by Crippen LogP contribution is -2.34. The van der Waals surface area contributed by atoms with Crippen LogP contribution in [0.5, 0.6) is 5.75 Å². The summed E-state index contributed by atoms with van der Waals surface area (Å²) in [7, 11) is 1.73. The molecule has 1 unspecified atom stereocenters. The molecule has 0 saturated heterocycles. The van der Waals surface area contributed by atoms with Crippen molar-refractivity contribution in [3.8, 4) is 5.75 Å². The number of carbonyl (C=O) groups excluding carboxylic acids is 2. The summed E-state index contributed by atoms with van der Waals surface area (Å²) in [5.74, 6) is -0.750. The van der Waals surface area contributed by atoms with Crippen LogP contribution >= 0.6 is 0 Å². The molecule has 5 nitrogen and oxygen atoms in total. The summed E-state index contributed by atoms with van der Waals surface area (Å²) in [6.45, 7) is 0.0747. The summed E-state index contributed by atoms with van der Waals surface area (Å²) in [5, 5.41) is 4.04. The third-order valence-electron chi connectivity index (χ3n) is 3.16. The van der Waals surface area contributed by atoms with Crippen molar-refractivity contribution in [2.24, 2.45) is 13.0 Å². The van der Waals surface area contributed by atoms with E-state index < -0.39 is 5.92 Å². The molecule has 0 saturated carbocycles. The number of hydrogen-bond donors (Lipinski definition) is 0. The number of rotatable bonds is 2. The smallest absolute Gasteiger partial charge is 0.197 e. The number of ether oxygens (including phenoxy) is 1. The predicted octanol–water partition coefficient (Wildman–Crippen LogP) is 1.49. The van der Waals surface area contributed by atoms with Gasteiger partial charge in [0.25, 0.3) is 0 Å². The molecular weight excluding hydrogens is 244 g/mol. The van der Waals surface area contributed by atoms with E-state index in [1.54, 1.807) is 43.6 Å². The van der Waals surface area contributed by atoms with Crippen LogP contribution in [-0.4, -0.2) is 28.0 Å². The molecule has 1 aromatic carbocycles. The van der Waals surface area contributed by atoms with Crippen molar-refractivity contribution in [3.63, 3.8) is 0 Å². The van der Waals surface area contributed by atoms with Gasteiger partial charge in [-0.2, -0.15) is 5.10 Å². The van der Waals surface area contributed by atoms with Crippen LogP contribution in [0.2, 0.25) is 0 Å². The number of carbonyl (C=O) groups is 2. The van der Waals surface area contributed by atoms with Gasteiger partial charge >= 0.3 is 0 Å². The van der Waals surface area contributed by atoms with E-state index >= 15 is 0 Å². The Labute approximate surface area is 109 Å². The van der Waals surface area contributed by atoms with Crippen molar-refractivity contribution in [2.45, 2.75) is 0 Å². The molecule has 0 amide bonds. The van der Waals surface area contributed by atoms with E-state index in [0.717, 1.165) is 0 Å². The molecule has 0 spiro atoms. The molecule has 0 N–H and O–H groups in total. The van der Waals surface area contributed by atoms with Gasteiger partial charge in [0.15, 0.2) is 11.6 Å². The minimum atomic E-state index is -0.801. The molecule has 96 valence electrons. The lowest BCUT2D eigenvalue weighted by Gasteiger charge is -2.22. The summed E-state index contributed by atoms with van der Waals surface area (Å²) in [6, 6.07) is 8.57. The number of nitrogens with zero attached hydrogens (tertiary/aromatic N) is 2. The number of Topliss-reactive ketones (excluding diaryl/α,β-unsaturated/α-hetero) is 2. The van der Waals surface area contributed by atoms with E-state index in [0.29, 0.717) is 17.0 Å². The summed E-state index contributed by atoms with van der Waals surface area (Å²) in [6.07, 6.45) is 1.68. The third kappa shape index (κ3) is 1.93. The first kappa shape index (κ1) is 11.6. The second-order valence-electron chi connectivity index (χ2n) is 4.46. The third-order valence-corrected chi connectivity index (χ3v) is 3.16. The summed E-state index contributed by atoms with van der Waals surface area (Å²) in [5.41, 5.74) is 0.756. The first-order valence-corrected chi connectivity index (χ1v) is 5.97. The molecule has 0 aliphatic carbocycles. The second-order valence-corrected chi connectivity index (χ2v) is 4.46. The molecule has 2 aromatic rings. The van der Waals surface area contributed by atoms with Crippen LogP contribution in [0.25, 0.3) is 0 Å². The van der Waals surface area contributed by atoms with Crippen molar-refractivity contribution in [3.05, 3.63) is 47.8 Å². The Kier molecular flexibility index (Phi) is 2.67. The number of hydrogen-bond acceptors (Lipinski definition) is 4. The number of aryl methyl sites for hydroxylation is 1. The van der Waals surface area contributed by atoms with E-state index in [-0.39, 0.29) is 18.2 Å². The lowest BCUT2D eigenvalue weighted by atomic mass is 9.90. The lowest BCUT2D eigenvalue weighted by molar-refractivity contribution is 0.0719. The topological polar surface area (TPSA) is 61.2 Å². The van der Waals surface area contributed by atoms with Crippen LogP contribution in [0, 0.1) is 5.92 Å². The van der Waals surface area contributed by atoms with Gasteiger partial charge in [-0.25, -0.2) is 0 Å². The van der Waals surface area contributed by atoms with Gasteiger partial charge in [-0.1, -0.05) is 12.1 Å². The number of aromatic nitrogens is 2. The maximum Gasteiger partial charge on any atom is 0.197 e. The molecule has 5 heteroatoms. The zero-order valence-electron chi connectivity index (χ0n) is 10.4. The van der Waals surface area contributed by atoms with Crippen molar-refractivity contribution in [1.82, 2.24) is 9.78 Å². The van der Waals surface area contributed by atoms with E-state index in [2.05, 4.69) is 5.10 Å². The van der Waals surface area contributed by atoms with E-state index in [9.17, 15) is 9.59 Å². The highest BCUT2D eigenvalue weighted by atomic mass is 16.5. The quantitative estimate of drug-likeness (QED) is 0.603. The Morgan fingerprint density at radius 1 is 1.37 bits per heavy atom. The summed E-state index contributed by atoms with van der Waals surface area (Å²) < 4.78 is 7.02. The van der Waals surface area contributed by atoms with Crippen LogP contribution in [0.1, 0.15) is 20.8 Å². The zero-order chi connectivity index (χ0) is 13.4. The van der Waals surface area contributed by atoms with Crippen LogP contribution in [0.3, 0.4) is 0 Å². The molecule has 0 fully saturated rings. The minimum absolute atomic E-state index is 0.0747. The van der Waals surface area contributed by atoms with E-state index in [4.69, 9.17) is 4.74 Å². The molecule has 3 rings (SSSR count). The molecule has 19 heavy (non-hydrogen) atoms. The van der Waals surface area contributed by atoms with E-state index in [1.807, 2.05) is 0 Å². The molecule has 0 radical (unpaired) electrons. The first-order chi connectivity index (χ1) is 9.16. The second kappa shape index (κ2) is 4.35.